The molecule has 0 radical (unpaired) electrons. The molecule has 94 valence electrons. The predicted molar refractivity (Wildman–Crippen MR) is 73.9 cm³/mol. The fourth-order valence-electron chi connectivity index (χ4n) is 1.75. The Bertz CT molecular complexity index is 377. The van der Waals surface area contributed by atoms with Gasteiger partial charge in [0.1, 0.15) is 5.01 Å². The molecule has 0 unspecified atom stereocenters. The van der Waals surface area contributed by atoms with E-state index in [0.29, 0.717) is 18.3 Å². The Morgan fingerprint density at radius 3 is 2.94 bits per heavy atom. The van der Waals surface area contributed by atoms with Crippen LogP contribution in [0.3, 0.4) is 0 Å². The van der Waals surface area contributed by atoms with Crippen LogP contribution in [0.2, 0.25) is 0 Å². The normalized spacial score (nSPS) is 17.0. The first kappa shape index (κ1) is 13.2. The van der Waals surface area contributed by atoms with Crippen molar-refractivity contribution in [2.24, 2.45) is 0 Å². The number of hydrogen-bond acceptors (Lipinski definition) is 4. The van der Waals surface area contributed by atoms with Crippen LogP contribution in [0, 0.1) is 0 Å². The van der Waals surface area contributed by atoms with Crippen LogP contribution in [0.4, 0.5) is 0 Å². The summed E-state index contributed by atoms with van der Waals surface area (Å²) in [6.45, 7) is 0. The molecule has 0 saturated carbocycles. The fraction of sp³-hybridized carbons (Fsp3) is 0.636. The summed E-state index contributed by atoms with van der Waals surface area (Å²) in [4.78, 5) is 16.1. The predicted octanol–water partition coefficient (Wildman–Crippen LogP) is 2.44. The highest BCUT2D eigenvalue weighted by molar-refractivity contribution is 7.99. The van der Waals surface area contributed by atoms with Gasteiger partial charge in [-0.15, -0.1) is 22.9 Å². The van der Waals surface area contributed by atoms with E-state index in [4.69, 9.17) is 11.6 Å². The molecule has 2 rings (SSSR count). The Labute approximate surface area is 114 Å². The Morgan fingerprint density at radius 1 is 1.53 bits per heavy atom. The van der Waals surface area contributed by atoms with Crippen LogP contribution in [0.25, 0.3) is 0 Å². The van der Waals surface area contributed by atoms with E-state index in [-0.39, 0.29) is 5.91 Å². The van der Waals surface area contributed by atoms with E-state index in [1.54, 1.807) is 0 Å². The lowest BCUT2D eigenvalue weighted by molar-refractivity contribution is -0.121. The van der Waals surface area contributed by atoms with Gasteiger partial charge in [-0.1, -0.05) is 0 Å². The number of aromatic nitrogens is 1. The molecule has 1 aromatic heterocycles. The van der Waals surface area contributed by atoms with Crippen LogP contribution in [0.5, 0.6) is 0 Å². The van der Waals surface area contributed by atoms with Gasteiger partial charge in [0.15, 0.2) is 0 Å². The molecule has 17 heavy (non-hydrogen) atoms. The molecule has 3 nitrogen and oxygen atoms in total. The summed E-state index contributed by atoms with van der Waals surface area (Å²) in [5.41, 5.74) is 0.855. The quantitative estimate of drug-likeness (QED) is 0.866. The summed E-state index contributed by atoms with van der Waals surface area (Å²) in [6.07, 6.45) is 2.55. The van der Waals surface area contributed by atoms with Gasteiger partial charge >= 0.3 is 0 Å². The molecule has 6 heteroatoms. The van der Waals surface area contributed by atoms with Gasteiger partial charge in [0.25, 0.3) is 0 Å². The maximum atomic E-state index is 11.8. The van der Waals surface area contributed by atoms with E-state index in [1.807, 2.05) is 17.1 Å². The Kier molecular flexibility index (Phi) is 5.13. The van der Waals surface area contributed by atoms with E-state index in [2.05, 4.69) is 10.3 Å². The van der Waals surface area contributed by atoms with Crippen molar-refractivity contribution in [3.8, 4) is 0 Å². The number of alkyl halides is 1. The maximum Gasteiger partial charge on any atom is 0.227 e. The minimum absolute atomic E-state index is 0.0809. The molecule has 1 fully saturated rings. The van der Waals surface area contributed by atoms with Crippen molar-refractivity contribution in [2.45, 2.75) is 31.2 Å². The van der Waals surface area contributed by atoms with Gasteiger partial charge in [-0.05, 0) is 24.3 Å². The molecule has 1 N–H and O–H groups in total. The molecule has 2 heterocycles. The van der Waals surface area contributed by atoms with Crippen molar-refractivity contribution in [3.05, 3.63) is 16.1 Å². The molecule has 1 saturated heterocycles. The second kappa shape index (κ2) is 6.61. The average Bonchev–Trinajstić information content (AvgIpc) is 2.78. The smallest absolute Gasteiger partial charge is 0.227 e. The fourth-order valence-corrected chi connectivity index (χ4v) is 3.88. The maximum absolute atomic E-state index is 11.8. The third-order valence-corrected chi connectivity index (χ3v) is 4.85. The number of rotatable bonds is 4. The standard InChI is InChI=1S/C11H15ClN2OS2/c12-6-9-7-17-11(14-9)5-10(15)13-8-1-3-16-4-2-8/h7-8H,1-6H2,(H,13,15). The summed E-state index contributed by atoms with van der Waals surface area (Å²) in [7, 11) is 0. The molecule has 1 aromatic rings. The molecule has 0 bridgehead atoms. The number of amides is 1. The van der Waals surface area contributed by atoms with Crippen LogP contribution in [-0.2, 0) is 17.1 Å². The number of thiazole rings is 1. The van der Waals surface area contributed by atoms with Gasteiger partial charge in [0, 0.05) is 11.4 Å². The number of halogens is 1. The number of carbonyl (C=O) groups excluding carboxylic acids is 1. The summed E-state index contributed by atoms with van der Waals surface area (Å²) < 4.78 is 0. The lowest BCUT2D eigenvalue weighted by atomic mass is 10.1. The van der Waals surface area contributed by atoms with Gasteiger partial charge in [-0.2, -0.15) is 11.8 Å². The minimum Gasteiger partial charge on any atom is -0.353 e. The van der Waals surface area contributed by atoms with Crippen LogP contribution >= 0.6 is 34.7 Å². The molecule has 0 spiro atoms. The number of nitrogens with one attached hydrogen (secondary N) is 1. The molecule has 0 atom stereocenters. The summed E-state index contributed by atoms with van der Waals surface area (Å²) in [6, 6.07) is 0.358. The topological polar surface area (TPSA) is 42.0 Å². The summed E-state index contributed by atoms with van der Waals surface area (Å²) in [5.74, 6) is 2.80. The SMILES string of the molecule is O=C(Cc1nc(CCl)cs1)NC1CCSCC1. The van der Waals surface area contributed by atoms with Crippen molar-refractivity contribution in [3.63, 3.8) is 0 Å². The van der Waals surface area contributed by atoms with Gasteiger partial charge in [0.05, 0.1) is 18.0 Å². The van der Waals surface area contributed by atoms with Crippen molar-refractivity contribution in [1.29, 1.82) is 0 Å². The Morgan fingerprint density at radius 2 is 2.29 bits per heavy atom. The first-order chi connectivity index (χ1) is 8.28. The largest absolute Gasteiger partial charge is 0.353 e. The zero-order valence-electron chi connectivity index (χ0n) is 9.45. The van der Waals surface area contributed by atoms with E-state index in [9.17, 15) is 4.79 Å². The third kappa shape index (κ3) is 4.16. The molecule has 0 aliphatic carbocycles. The second-order valence-corrected chi connectivity index (χ2v) is 6.43. The lowest BCUT2D eigenvalue weighted by Gasteiger charge is -2.22. The van der Waals surface area contributed by atoms with E-state index in [1.165, 1.54) is 11.3 Å². The van der Waals surface area contributed by atoms with Crippen LogP contribution in [-0.4, -0.2) is 28.4 Å². The third-order valence-electron chi connectivity index (χ3n) is 2.63. The molecule has 1 amide bonds. The first-order valence-electron chi connectivity index (χ1n) is 5.64. The highest BCUT2D eigenvalue weighted by Gasteiger charge is 2.16. The molecular weight excluding hydrogens is 276 g/mol. The highest BCUT2D eigenvalue weighted by atomic mass is 35.5. The molecular formula is C11H15ClN2OS2. The van der Waals surface area contributed by atoms with Gasteiger partial charge in [-0.25, -0.2) is 4.98 Å². The van der Waals surface area contributed by atoms with E-state index < -0.39 is 0 Å². The minimum atomic E-state index is 0.0809. The summed E-state index contributed by atoms with van der Waals surface area (Å²) >= 11 is 9.14. The van der Waals surface area contributed by atoms with E-state index >= 15 is 0 Å². The number of thioether (sulfide) groups is 1. The number of carbonyl (C=O) groups is 1. The van der Waals surface area contributed by atoms with Crippen molar-refractivity contribution < 1.29 is 4.79 Å². The monoisotopic (exact) mass is 290 g/mol. The first-order valence-corrected chi connectivity index (χ1v) is 8.21. The Hall–Kier alpha value is -0.260. The number of nitrogens with zero attached hydrogens (tertiary/aromatic N) is 1. The van der Waals surface area contributed by atoms with Gasteiger partial charge < -0.3 is 5.32 Å². The van der Waals surface area contributed by atoms with Gasteiger partial charge in [-0.3, -0.25) is 4.79 Å². The van der Waals surface area contributed by atoms with Crippen LogP contribution in [0.15, 0.2) is 5.38 Å². The van der Waals surface area contributed by atoms with Crippen molar-refractivity contribution >= 4 is 40.6 Å². The van der Waals surface area contributed by atoms with Crippen molar-refractivity contribution in [2.75, 3.05) is 11.5 Å². The second-order valence-electron chi connectivity index (χ2n) is 4.00. The Balaban J connectivity index is 1.79. The van der Waals surface area contributed by atoms with Gasteiger partial charge in [0.2, 0.25) is 5.91 Å². The average molecular weight is 291 g/mol. The lowest BCUT2D eigenvalue weighted by Crippen LogP contribution is -2.38. The highest BCUT2D eigenvalue weighted by Crippen LogP contribution is 2.17. The van der Waals surface area contributed by atoms with Crippen LogP contribution < -0.4 is 5.32 Å². The molecule has 0 aromatic carbocycles. The zero-order valence-corrected chi connectivity index (χ0v) is 11.8. The number of hydrogen-bond donors (Lipinski definition) is 1. The van der Waals surface area contributed by atoms with E-state index in [0.717, 1.165) is 35.0 Å². The zero-order chi connectivity index (χ0) is 12.1. The van der Waals surface area contributed by atoms with Crippen LogP contribution in [0.1, 0.15) is 23.5 Å². The summed E-state index contributed by atoms with van der Waals surface area (Å²) in [5, 5.41) is 5.84. The molecule has 1 aliphatic rings. The van der Waals surface area contributed by atoms with Crippen molar-refractivity contribution in [1.82, 2.24) is 10.3 Å². The molecule has 1 aliphatic heterocycles.